The Morgan fingerprint density at radius 3 is 2.88 bits per heavy atom. The van der Waals surface area contributed by atoms with Gasteiger partial charge in [0.1, 0.15) is 21.3 Å². The van der Waals surface area contributed by atoms with E-state index in [0.717, 1.165) is 11.3 Å². The van der Waals surface area contributed by atoms with Gasteiger partial charge in [0.05, 0.1) is 12.0 Å². The van der Waals surface area contributed by atoms with Crippen molar-refractivity contribution in [2.45, 2.75) is 20.3 Å². The van der Waals surface area contributed by atoms with Crippen molar-refractivity contribution in [1.82, 2.24) is 9.97 Å². The first kappa shape index (κ1) is 17.6. The molecule has 0 saturated heterocycles. The second-order valence-electron chi connectivity index (χ2n) is 5.35. The normalized spacial score (nSPS) is 11.0. The highest BCUT2D eigenvalue weighted by molar-refractivity contribution is 7.20. The number of H-pyrrole nitrogens is 1. The van der Waals surface area contributed by atoms with Gasteiger partial charge >= 0.3 is 5.97 Å². The highest BCUT2D eigenvalue weighted by atomic mass is 35.5. The maximum atomic E-state index is 13.9. The lowest BCUT2D eigenvalue weighted by Crippen LogP contribution is -2.12. The number of hydrogen-bond acceptors (Lipinski definition) is 5. The van der Waals surface area contributed by atoms with E-state index in [-0.39, 0.29) is 35.0 Å². The molecule has 130 valence electrons. The summed E-state index contributed by atoms with van der Waals surface area (Å²) in [6, 6.07) is 4.38. The van der Waals surface area contributed by atoms with E-state index >= 15 is 0 Å². The zero-order valence-electron chi connectivity index (χ0n) is 13.5. The second-order valence-corrected chi connectivity index (χ2v) is 6.75. The van der Waals surface area contributed by atoms with Crippen LogP contribution >= 0.6 is 22.9 Å². The number of halogens is 2. The number of nitrogens with one attached hydrogen (secondary N) is 1. The third-order valence-electron chi connectivity index (χ3n) is 3.72. The van der Waals surface area contributed by atoms with Crippen molar-refractivity contribution in [2.75, 3.05) is 6.61 Å². The standard InChI is InChI=1S/C17H14ClFN2O3S/c1-3-24-17(23)14-8(2)13-15(22)20-12(21-16(13)25-14)7-9-10(18)5-4-6-11(9)19/h4-6H,3,7H2,1-2H3,(H,20,21,22). The third kappa shape index (κ3) is 3.29. The Kier molecular flexibility index (Phi) is 4.87. The van der Waals surface area contributed by atoms with Crippen molar-refractivity contribution in [3.63, 3.8) is 0 Å². The predicted molar refractivity (Wildman–Crippen MR) is 95.2 cm³/mol. The van der Waals surface area contributed by atoms with Gasteiger partial charge in [-0.05, 0) is 31.5 Å². The van der Waals surface area contributed by atoms with Gasteiger partial charge in [-0.1, -0.05) is 17.7 Å². The number of carbonyl (C=O) groups is 1. The van der Waals surface area contributed by atoms with E-state index in [1.54, 1.807) is 19.9 Å². The lowest BCUT2D eigenvalue weighted by Gasteiger charge is -2.05. The summed E-state index contributed by atoms with van der Waals surface area (Å²) in [4.78, 5) is 32.2. The van der Waals surface area contributed by atoms with E-state index < -0.39 is 11.8 Å². The molecule has 0 aliphatic rings. The monoisotopic (exact) mass is 380 g/mol. The average Bonchev–Trinajstić information content (AvgIpc) is 2.89. The van der Waals surface area contributed by atoms with Crippen molar-refractivity contribution >= 4 is 39.1 Å². The van der Waals surface area contributed by atoms with E-state index in [0.29, 0.717) is 20.7 Å². The number of aryl methyl sites for hydroxylation is 1. The molecule has 3 rings (SSSR count). The predicted octanol–water partition coefficient (Wildman–Crippen LogP) is 3.85. The van der Waals surface area contributed by atoms with Gasteiger partial charge in [-0.15, -0.1) is 11.3 Å². The molecule has 0 atom stereocenters. The molecule has 8 heteroatoms. The fourth-order valence-electron chi connectivity index (χ4n) is 2.53. The molecule has 25 heavy (non-hydrogen) atoms. The highest BCUT2D eigenvalue weighted by Gasteiger charge is 2.20. The van der Waals surface area contributed by atoms with Gasteiger partial charge in [-0.3, -0.25) is 4.79 Å². The van der Waals surface area contributed by atoms with Crippen LogP contribution in [0.5, 0.6) is 0 Å². The molecule has 5 nitrogen and oxygen atoms in total. The molecule has 0 radical (unpaired) electrons. The summed E-state index contributed by atoms with van der Waals surface area (Å²) in [5, 5.41) is 0.605. The fourth-order valence-corrected chi connectivity index (χ4v) is 3.86. The van der Waals surface area contributed by atoms with Crippen LogP contribution < -0.4 is 5.56 Å². The Morgan fingerprint density at radius 1 is 1.44 bits per heavy atom. The zero-order valence-corrected chi connectivity index (χ0v) is 15.1. The Bertz CT molecular complexity index is 1010. The number of esters is 1. The number of nitrogens with zero attached hydrogens (tertiary/aromatic N) is 1. The van der Waals surface area contributed by atoms with Gasteiger partial charge in [0.25, 0.3) is 5.56 Å². The lowest BCUT2D eigenvalue weighted by atomic mass is 10.1. The topological polar surface area (TPSA) is 72.0 Å². The maximum absolute atomic E-state index is 13.9. The van der Waals surface area contributed by atoms with E-state index in [4.69, 9.17) is 16.3 Å². The van der Waals surface area contributed by atoms with Gasteiger partial charge in [0, 0.05) is 17.0 Å². The largest absolute Gasteiger partial charge is 0.462 e. The van der Waals surface area contributed by atoms with Crippen molar-refractivity contribution in [3.05, 3.63) is 61.2 Å². The summed E-state index contributed by atoms with van der Waals surface area (Å²) in [6.07, 6.45) is 0.0440. The highest BCUT2D eigenvalue weighted by Crippen LogP contribution is 2.28. The average molecular weight is 381 g/mol. The fraction of sp³-hybridized carbons (Fsp3) is 0.235. The zero-order chi connectivity index (χ0) is 18.1. The smallest absolute Gasteiger partial charge is 0.348 e. The summed E-state index contributed by atoms with van der Waals surface area (Å²) >= 11 is 7.11. The SMILES string of the molecule is CCOC(=O)c1sc2nc(Cc3c(F)cccc3Cl)[nH]c(=O)c2c1C. The van der Waals surface area contributed by atoms with Crippen molar-refractivity contribution in [3.8, 4) is 0 Å². The molecular formula is C17H14ClFN2O3S. The number of carbonyl (C=O) groups excluding carboxylic acids is 1. The minimum absolute atomic E-state index is 0.0440. The molecule has 0 bridgehead atoms. The van der Waals surface area contributed by atoms with Crippen LogP contribution in [0.3, 0.4) is 0 Å². The van der Waals surface area contributed by atoms with Gasteiger partial charge in [0.2, 0.25) is 0 Å². The Balaban J connectivity index is 2.08. The number of fused-ring (bicyclic) bond motifs is 1. The van der Waals surface area contributed by atoms with E-state index in [2.05, 4.69) is 9.97 Å². The maximum Gasteiger partial charge on any atom is 0.348 e. The van der Waals surface area contributed by atoms with E-state index in [9.17, 15) is 14.0 Å². The molecule has 0 saturated carbocycles. The molecule has 0 spiro atoms. The summed E-state index contributed by atoms with van der Waals surface area (Å²) in [5.41, 5.74) is 0.407. The van der Waals surface area contributed by atoms with Gasteiger partial charge in [-0.25, -0.2) is 14.2 Å². The van der Waals surface area contributed by atoms with Crippen LogP contribution in [-0.4, -0.2) is 22.5 Å². The first-order chi connectivity index (χ1) is 11.9. The first-order valence-corrected chi connectivity index (χ1v) is 8.74. The van der Waals surface area contributed by atoms with Crippen LogP contribution in [0, 0.1) is 12.7 Å². The minimum Gasteiger partial charge on any atom is -0.462 e. The number of benzene rings is 1. The van der Waals surface area contributed by atoms with E-state index in [1.165, 1.54) is 12.1 Å². The van der Waals surface area contributed by atoms with Gasteiger partial charge < -0.3 is 9.72 Å². The number of aromatic amines is 1. The molecule has 0 unspecified atom stereocenters. The Labute approximate surface area is 151 Å². The number of aromatic nitrogens is 2. The second kappa shape index (κ2) is 6.93. The Morgan fingerprint density at radius 2 is 2.20 bits per heavy atom. The summed E-state index contributed by atoms with van der Waals surface area (Å²) in [5.74, 6) is -0.674. The molecule has 1 N–H and O–H groups in total. The summed E-state index contributed by atoms with van der Waals surface area (Å²) in [7, 11) is 0. The third-order valence-corrected chi connectivity index (χ3v) is 5.24. The van der Waals surface area contributed by atoms with E-state index in [1.807, 2.05) is 0 Å². The lowest BCUT2D eigenvalue weighted by molar-refractivity contribution is 0.0531. The Hall–Kier alpha value is -2.25. The van der Waals surface area contributed by atoms with Crippen LogP contribution in [0.2, 0.25) is 5.02 Å². The van der Waals surface area contributed by atoms with Crippen LogP contribution in [0.4, 0.5) is 4.39 Å². The van der Waals surface area contributed by atoms with Crippen LogP contribution in [-0.2, 0) is 11.2 Å². The molecule has 0 amide bonds. The molecule has 1 aromatic carbocycles. The quantitative estimate of drug-likeness (QED) is 0.698. The number of thiophene rings is 1. The molecule has 3 aromatic rings. The molecule has 2 aromatic heterocycles. The number of ether oxygens (including phenoxy) is 1. The van der Waals surface area contributed by atoms with Crippen LogP contribution in [0.1, 0.15) is 33.5 Å². The van der Waals surface area contributed by atoms with Gasteiger partial charge in [-0.2, -0.15) is 0 Å². The molecule has 0 aliphatic heterocycles. The van der Waals surface area contributed by atoms with Crippen LogP contribution in [0.25, 0.3) is 10.2 Å². The molecule has 0 fully saturated rings. The number of rotatable bonds is 4. The summed E-state index contributed by atoms with van der Waals surface area (Å²) in [6.45, 7) is 3.63. The first-order valence-electron chi connectivity index (χ1n) is 7.54. The summed E-state index contributed by atoms with van der Waals surface area (Å²) < 4.78 is 18.9. The molecule has 2 heterocycles. The van der Waals surface area contributed by atoms with Crippen molar-refractivity contribution in [2.24, 2.45) is 0 Å². The number of hydrogen-bond donors (Lipinski definition) is 1. The van der Waals surface area contributed by atoms with Crippen molar-refractivity contribution in [1.29, 1.82) is 0 Å². The minimum atomic E-state index is -0.485. The van der Waals surface area contributed by atoms with Crippen molar-refractivity contribution < 1.29 is 13.9 Å². The van der Waals surface area contributed by atoms with Crippen LogP contribution in [0.15, 0.2) is 23.0 Å². The van der Waals surface area contributed by atoms with Gasteiger partial charge in [0.15, 0.2) is 0 Å². The molecular weight excluding hydrogens is 367 g/mol. The molecule has 0 aliphatic carbocycles.